The quantitative estimate of drug-likeness (QED) is 0.719. The SMILES string of the molecule is C#CCN1CCC(NC2C=CS(=O)(=O)C2)CC1. The molecule has 17 heavy (non-hydrogen) atoms. The van der Waals surface area contributed by atoms with Crippen molar-refractivity contribution in [3.05, 3.63) is 11.5 Å². The number of rotatable bonds is 3. The standard InChI is InChI=1S/C12H18N2O2S/c1-2-6-14-7-3-11(4-8-14)13-12-5-9-17(15,16)10-12/h1,5,9,11-13H,3-4,6-8,10H2. The fourth-order valence-corrected chi connectivity index (χ4v) is 3.62. The van der Waals surface area contributed by atoms with E-state index >= 15 is 0 Å². The van der Waals surface area contributed by atoms with Crippen molar-refractivity contribution in [2.75, 3.05) is 25.4 Å². The first-order chi connectivity index (χ1) is 8.09. The molecule has 0 aromatic carbocycles. The van der Waals surface area contributed by atoms with Crippen molar-refractivity contribution in [1.29, 1.82) is 0 Å². The zero-order valence-corrected chi connectivity index (χ0v) is 10.6. The van der Waals surface area contributed by atoms with Crippen LogP contribution in [0, 0.1) is 12.3 Å². The summed E-state index contributed by atoms with van der Waals surface area (Å²) in [4.78, 5) is 2.25. The molecule has 4 nitrogen and oxygen atoms in total. The minimum Gasteiger partial charge on any atom is -0.307 e. The van der Waals surface area contributed by atoms with Crippen LogP contribution >= 0.6 is 0 Å². The Bertz CT molecular complexity index is 428. The van der Waals surface area contributed by atoms with Gasteiger partial charge in [-0.15, -0.1) is 6.42 Å². The van der Waals surface area contributed by atoms with Gasteiger partial charge in [0.05, 0.1) is 12.3 Å². The molecule has 2 aliphatic heterocycles. The van der Waals surface area contributed by atoms with E-state index < -0.39 is 9.84 Å². The van der Waals surface area contributed by atoms with Gasteiger partial charge in [-0.25, -0.2) is 8.42 Å². The lowest BCUT2D eigenvalue weighted by molar-refractivity contribution is 0.215. The number of terminal acetylenes is 1. The van der Waals surface area contributed by atoms with Gasteiger partial charge < -0.3 is 5.32 Å². The molecule has 0 amide bonds. The molecule has 1 atom stereocenters. The zero-order valence-electron chi connectivity index (χ0n) is 9.80. The Morgan fingerprint density at radius 1 is 1.41 bits per heavy atom. The average molecular weight is 254 g/mol. The fourth-order valence-electron chi connectivity index (χ4n) is 2.37. The van der Waals surface area contributed by atoms with Crippen molar-refractivity contribution in [3.63, 3.8) is 0 Å². The highest BCUT2D eigenvalue weighted by atomic mass is 32.2. The predicted octanol–water partition coefficient (Wildman–Crippen LogP) is -0.0157. The second-order valence-electron chi connectivity index (χ2n) is 4.69. The van der Waals surface area contributed by atoms with Crippen LogP contribution in [-0.2, 0) is 9.84 Å². The number of piperidine rings is 1. The van der Waals surface area contributed by atoms with Crippen LogP contribution in [0.25, 0.3) is 0 Å². The Hall–Kier alpha value is -0.830. The van der Waals surface area contributed by atoms with Gasteiger partial charge in [0, 0.05) is 30.6 Å². The van der Waals surface area contributed by atoms with Gasteiger partial charge in [0.25, 0.3) is 0 Å². The summed E-state index contributed by atoms with van der Waals surface area (Å²) in [5, 5.41) is 4.71. The van der Waals surface area contributed by atoms with E-state index in [1.807, 2.05) is 0 Å². The molecule has 0 aromatic rings. The van der Waals surface area contributed by atoms with Crippen LogP contribution in [0.5, 0.6) is 0 Å². The van der Waals surface area contributed by atoms with E-state index in [4.69, 9.17) is 6.42 Å². The van der Waals surface area contributed by atoms with E-state index in [1.165, 1.54) is 5.41 Å². The lowest BCUT2D eigenvalue weighted by atomic mass is 10.0. The van der Waals surface area contributed by atoms with Crippen LogP contribution in [0.4, 0.5) is 0 Å². The monoisotopic (exact) mass is 254 g/mol. The van der Waals surface area contributed by atoms with E-state index in [0.717, 1.165) is 25.9 Å². The highest BCUT2D eigenvalue weighted by molar-refractivity contribution is 7.94. The second kappa shape index (κ2) is 5.21. The van der Waals surface area contributed by atoms with Gasteiger partial charge >= 0.3 is 0 Å². The van der Waals surface area contributed by atoms with Crippen molar-refractivity contribution in [2.45, 2.75) is 24.9 Å². The molecule has 0 aromatic heterocycles. The summed E-state index contributed by atoms with van der Waals surface area (Å²) in [6.45, 7) is 2.69. The third-order valence-electron chi connectivity index (χ3n) is 3.28. The molecule has 5 heteroatoms. The summed E-state index contributed by atoms with van der Waals surface area (Å²) in [7, 11) is -2.95. The number of likely N-dealkylation sites (tertiary alicyclic amines) is 1. The van der Waals surface area contributed by atoms with E-state index in [-0.39, 0.29) is 11.8 Å². The fraction of sp³-hybridized carbons (Fsp3) is 0.667. The molecule has 0 bridgehead atoms. The molecular weight excluding hydrogens is 236 g/mol. The lowest BCUT2D eigenvalue weighted by Crippen LogP contribution is -2.46. The van der Waals surface area contributed by atoms with Gasteiger partial charge in [0.15, 0.2) is 9.84 Å². The first-order valence-electron chi connectivity index (χ1n) is 5.92. The number of hydrogen-bond donors (Lipinski definition) is 1. The number of hydrogen-bond acceptors (Lipinski definition) is 4. The van der Waals surface area contributed by atoms with Crippen molar-refractivity contribution in [2.24, 2.45) is 0 Å². The maximum atomic E-state index is 11.3. The molecule has 0 radical (unpaired) electrons. The number of nitrogens with one attached hydrogen (secondary N) is 1. The summed E-state index contributed by atoms with van der Waals surface area (Å²) >= 11 is 0. The Balaban J connectivity index is 1.76. The van der Waals surface area contributed by atoms with E-state index in [9.17, 15) is 8.42 Å². The molecule has 2 heterocycles. The summed E-state index contributed by atoms with van der Waals surface area (Å²) < 4.78 is 22.5. The molecule has 1 fully saturated rings. The maximum Gasteiger partial charge on any atom is 0.173 e. The smallest absolute Gasteiger partial charge is 0.173 e. The van der Waals surface area contributed by atoms with Gasteiger partial charge in [-0.05, 0) is 12.8 Å². The Kier molecular flexibility index (Phi) is 3.87. The summed E-state index contributed by atoms with van der Waals surface area (Å²) in [6, 6.07) is 0.399. The summed E-state index contributed by atoms with van der Waals surface area (Å²) in [5.41, 5.74) is 0. The lowest BCUT2D eigenvalue weighted by Gasteiger charge is -2.32. The molecule has 1 unspecified atom stereocenters. The van der Waals surface area contributed by atoms with Crippen LogP contribution in [0.3, 0.4) is 0 Å². The van der Waals surface area contributed by atoms with E-state index in [1.54, 1.807) is 6.08 Å². The predicted molar refractivity (Wildman–Crippen MR) is 68.1 cm³/mol. The van der Waals surface area contributed by atoms with Crippen molar-refractivity contribution >= 4 is 9.84 Å². The molecule has 1 saturated heterocycles. The van der Waals surface area contributed by atoms with Crippen molar-refractivity contribution in [1.82, 2.24) is 10.2 Å². The van der Waals surface area contributed by atoms with Gasteiger partial charge in [-0.2, -0.15) is 0 Å². The maximum absolute atomic E-state index is 11.3. The van der Waals surface area contributed by atoms with Crippen LogP contribution in [0.2, 0.25) is 0 Å². The normalized spacial score (nSPS) is 29.2. The molecule has 0 saturated carbocycles. The van der Waals surface area contributed by atoms with Gasteiger partial charge in [-0.1, -0.05) is 12.0 Å². The largest absolute Gasteiger partial charge is 0.307 e. The highest BCUT2D eigenvalue weighted by Crippen LogP contribution is 2.14. The van der Waals surface area contributed by atoms with Gasteiger partial charge in [0.2, 0.25) is 0 Å². The second-order valence-corrected chi connectivity index (χ2v) is 6.62. The Morgan fingerprint density at radius 3 is 2.65 bits per heavy atom. The minimum absolute atomic E-state index is 0.0100. The Labute approximate surface area is 103 Å². The summed E-state index contributed by atoms with van der Waals surface area (Å²) in [6.07, 6.45) is 9.09. The van der Waals surface area contributed by atoms with Crippen molar-refractivity contribution in [3.8, 4) is 12.3 Å². The van der Waals surface area contributed by atoms with Gasteiger partial charge in [-0.3, -0.25) is 4.90 Å². The van der Waals surface area contributed by atoms with Crippen LogP contribution < -0.4 is 5.32 Å². The molecule has 94 valence electrons. The molecule has 0 spiro atoms. The molecule has 2 rings (SSSR count). The Morgan fingerprint density at radius 2 is 2.12 bits per heavy atom. The molecule has 2 aliphatic rings. The average Bonchev–Trinajstić information content (AvgIpc) is 2.61. The molecule has 1 N–H and O–H groups in total. The van der Waals surface area contributed by atoms with E-state index in [2.05, 4.69) is 16.1 Å². The highest BCUT2D eigenvalue weighted by Gasteiger charge is 2.25. The van der Waals surface area contributed by atoms with Crippen LogP contribution in [0.15, 0.2) is 11.5 Å². The zero-order chi connectivity index (χ0) is 12.3. The van der Waals surface area contributed by atoms with Gasteiger partial charge in [0.1, 0.15) is 0 Å². The van der Waals surface area contributed by atoms with Crippen molar-refractivity contribution < 1.29 is 8.42 Å². The summed E-state index contributed by atoms with van der Waals surface area (Å²) in [5.74, 6) is 2.86. The first kappa shape index (κ1) is 12.6. The first-order valence-corrected chi connectivity index (χ1v) is 7.63. The number of nitrogens with zero attached hydrogens (tertiary/aromatic N) is 1. The van der Waals surface area contributed by atoms with Crippen LogP contribution in [-0.4, -0.2) is 50.8 Å². The molecular formula is C12H18N2O2S. The minimum atomic E-state index is -2.95. The third-order valence-corrected chi connectivity index (χ3v) is 4.68. The van der Waals surface area contributed by atoms with E-state index in [0.29, 0.717) is 12.6 Å². The topological polar surface area (TPSA) is 49.4 Å². The molecule has 0 aliphatic carbocycles. The van der Waals surface area contributed by atoms with Crippen LogP contribution in [0.1, 0.15) is 12.8 Å². The third kappa shape index (κ3) is 3.56. The number of sulfone groups is 1.